The lowest BCUT2D eigenvalue weighted by Crippen LogP contribution is -2.57. The molecule has 1 aliphatic heterocycles. The first-order chi connectivity index (χ1) is 8.36. The number of amides is 1. The number of carbonyl (C=O) groups excluding carboxylic acids is 1. The Kier molecular flexibility index (Phi) is 5.10. The van der Waals surface area contributed by atoms with Gasteiger partial charge in [0.2, 0.25) is 5.91 Å². The van der Waals surface area contributed by atoms with Crippen molar-refractivity contribution in [1.29, 1.82) is 0 Å². The summed E-state index contributed by atoms with van der Waals surface area (Å²) in [5, 5.41) is 0. The van der Waals surface area contributed by atoms with Crippen molar-refractivity contribution >= 4 is 23.1 Å². The Morgan fingerprint density at radius 3 is 2.61 bits per heavy atom. The van der Waals surface area contributed by atoms with E-state index in [1.807, 2.05) is 25.7 Å². The van der Waals surface area contributed by atoms with Gasteiger partial charge in [-0.3, -0.25) is 4.79 Å². The van der Waals surface area contributed by atoms with Gasteiger partial charge in [0.15, 0.2) is 0 Å². The van der Waals surface area contributed by atoms with Crippen LogP contribution in [0.15, 0.2) is 0 Å². The number of rotatable bonds is 4. The normalized spacial score (nSPS) is 27.7. The van der Waals surface area contributed by atoms with E-state index in [-0.39, 0.29) is 23.0 Å². The van der Waals surface area contributed by atoms with Gasteiger partial charge < -0.3 is 15.4 Å². The molecule has 0 aliphatic carbocycles. The van der Waals surface area contributed by atoms with Crippen LogP contribution in [-0.2, 0) is 9.53 Å². The maximum atomic E-state index is 12.7. The van der Waals surface area contributed by atoms with Crippen molar-refractivity contribution in [2.75, 3.05) is 13.2 Å². The Hall–Kier alpha value is -0.680. The van der Waals surface area contributed by atoms with Gasteiger partial charge in [0.05, 0.1) is 29.2 Å². The second-order valence-corrected chi connectivity index (χ2v) is 5.65. The minimum absolute atomic E-state index is 0.0412. The molecular weight excluding hydrogens is 248 g/mol. The van der Waals surface area contributed by atoms with Gasteiger partial charge in [-0.1, -0.05) is 26.1 Å². The summed E-state index contributed by atoms with van der Waals surface area (Å²) in [4.78, 5) is 14.9. The Labute approximate surface area is 115 Å². The first-order valence-corrected chi connectivity index (χ1v) is 7.00. The molecular formula is C13H24N2O2S. The topological polar surface area (TPSA) is 55.6 Å². The SMILES string of the molecule is CCC1COC(C)CN1C(=O)C(C)(CC)C(N)=S. The quantitative estimate of drug-likeness (QED) is 0.792. The highest BCUT2D eigenvalue weighted by atomic mass is 32.1. The van der Waals surface area contributed by atoms with Crippen molar-refractivity contribution in [1.82, 2.24) is 4.90 Å². The van der Waals surface area contributed by atoms with E-state index in [0.717, 1.165) is 6.42 Å². The van der Waals surface area contributed by atoms with E-state index in [1.54, 1.807) is 0 Å². The van der Waals surface area contributed by atoms with E-state index in [0.29, 0.717) is 19.6 Å². The van der Waals surface area contributed by atoms with Gasteiger partial charge >= 0.3 is 0 Å². The van der Waals surface area contributed by atoms with E-state index < -0.39 is 5.41 Å². The highest BCUT2D eigenvalue weighted by Gasteiger charge is 2.41. The third-order valence-electron chi connectivity index (χ3n) is 3.92. The lowest BCUT2D eigenvalue weighted by molar-refractivity contribution is -0.151. The van der Waals surface area contributed by atoms with E-state index in [1.165, 1.54) is 0 Å². The maximum Gasteiger partial charge on any atom is 0.235 e. The zero-order chi connectivity index (χ0) is 13.9. The second kappa shape index (κ2) is 5.97. The summed E-state index contributed by atoms with van der Waals surface area (Å²) in [7, 11) is 0. The maximum absolute atomic E-state index is 12.7. The summed E-state index contributed by atoms with van der Waals surface area (Å²) in [6.45, 7) is 9.05. The molecule has 104 valence electrons. The standard InChI is InChI=1S/C13H24N2O2S/c1-5-10-8-17-9(3)7-15(10)12(16)13(4,6-2)11(14)18/h9-10H,5-8H2,1-4H3,(H2,14,18). The van der Waals surface area contributed by atoms with Gasteiger partial charge in [-0.25, -0.2) is 0 Å². The number of morpholine rings is 1. The van der Waals surface area contributed by atoms with Crippen LogP contribution < -0.4 is 5.73 Å². The number of hydrogen-bond acceptors (Lipinski definition) is 3. The molecule has 3 unspecified atom stereocenters. The third kappa shape index (κ3) is 2.83. The first kappa shape index (κ1) is 15.4. The number of nitrogens with zero attached hydrogens (tertiary/aromatic N) is 1. The fourth-order valence-electron chi connectivity index (χ4n) is 2.18. The van der Waals surface area contributed by atoms with Gasteiger partial charge in [0.25, 0.3) is 0 Å². The van der Waals surface area contributed by atoms with Crippen molar-refractivity contribution in [3.05, 3.63) is 0 Å². The molecule has 0 aromatic carbocycles. The fraction of sp³-hybridized carbons (Fsp3) is 0.846. The van der Waals surface area contributed by atoms with Crippen LogP contribution in [-0.4, -0.2) is 41.1 Å². The highest BCUT2D eigenvalue weighted by Crippen LogP contribution is 2.28. The fourth-order valence-corrected chi connectivity index (χ4v) is 2.41. The molecule has 4 nitrogen and oxygen atoms in total. The average Bonchev–Trinajstić information content (AvgIpc) is 2.36. The minimum Gasteiger partial charge on any atom is -0.392 e. The molecule has 0 radical (unpaired) electrons. The summed E-state index contributed by atoms with van der Waals surface area (Å²) in [5.41, 5.74) is 5.03. The van der Waals surface area contributed by atoms with Crippen molar-refractivity contribution < 1.29 is 9.53 Å². The summed E-state index contributed by atoms with van der Waals surface area (Å²) >= 11 is 5.08. The largest absolute Gasteiger partial charge is 0.392 e. The Balaban J connectivity index is 2.95. The molecule has 0 aromatic heterocycles. The molecule has 1 saturated heterocycles. The van der Waals surface area contributed by atoms with E-state index in [9.17, 15) is 4.79 Å². The van der Waals surface area contributed by atoms with Crippen LogP contribution in [0, 0.1) is 5.41 Å². The Morgan fingerprint density at radius 1 is 1.56 bits per heavy atom. The first-order valence-electron chi connectivity index (χ1n) is 6.59. The average molecular weight is 272 g/mol. The summed E-state index contributed by atoms with van der Waals surface area (Å²) in [6.07, 6.45) is 1.59. The van der Waals surface area contributed by atoms with E-state index in [4.69, 9.17) is 22.7 Å². The van der Waals surface area contributed by atoms with Crippen LogP contribution in [0.25, 0.3) is 0 Å². The van der Waals surface area contributed by atoms with Crippen LogP contribution in [0.2, 0.25) is 0 Å². The summed E-state index contributed by atoms with van der Waals surface area (Å²) in [6, 6.07) is 0.133. The molecule has 1 amide bonds. The van der Waals surface area contributed by atoms with E-state index >= 15 is 0 Å². The van der Waals surface area contributed by atoms with Crippen molar-refractivity contribution in [2.45, 2.75) is 52.7 Å². The van der Waals surface area contributed by atoms with Crippen molar-refractivity contribution in [2.24, 2.45) is 11.1 Å². The number of hydrogen-bond donors (Lipinski definition) is 1. The predicted octanol–water partition coefficient (Wildman–Crippen LogP) is 1.71. The molecule has 2 N–H and O–H groups in total. The molecule has 0 saturated carbocycles. The van der Waals surface area contributed by atoms with Crippen LogP contribution in [0.5, 0.6) is 0 Å². The lowest BCUT2D eigenvalue weighted by atomic mass is 9.85. The number of carbonyl (C=O) groups is 1. The van der Waals surface area contributed by atoms with Crippen molar-refractivity contribution in [3.63, 3.8) is 0 Å². The van der Waals surface area contributed by atoms with Gasteiger partial charge in [0.1, 0.15) is 0 Å². The molecule has 5 heteroatoms. The molecule has 1 rings (SSSR count). The molecule has 0 aromatic rings. The zero-order valence-corrected chi connectivity index (χ0v) is 12.5. The second-order valence-electron chi connectivity index (χ2n) is 5.21. The Morgan fingerprint density at radius 2 is 2.17 bits per heavy atom. The molecule has 1 aliphatic rings. The molecule has 0 spiro atoms. The lowest BCUT2D eigenvalue weighted by Gasteiger charge is -2.42. The summed E-state index contributed by atoms with van der Waals surface area (Å²) in [5.74, 6) is 0.0412. The molecule has 18 heavy (non-hydrogen) atoms. The van der Waals surface area contributed by atoms with Gasteiger partial charge in [-0.2, -0.15) is 0 Å². The molecule has 0 bridgehead atoms. The smallest absolute Gasteiger partial charge is 0.235 e. The number of nitrogens with two attached hydrogens (primary N) is 1. The van der Waals surface area contributed by atoms with Gasteiger partial charge in [-0.05, 0) is 26.7 Å². The monoisotopic (exact) mass is 272 g/mol. The van der Waals surface area contributed by atoms with Gasteiger partial charge in [-0.15, -0.1) is 0 Å². The molecule has 1 heterocycles. The minimum atomic E-state index is -0.736. The molecule has 3 atom stereocenters. The van der Waals surface area contributed by atoms with Crippen LogP contribution in [0.1, 0.15) is 40.5 Å². The highest BCUT2D eigenvalue weighted by molar-refractivity contribution is 7.80. The summed E-state index contributed by atoms with van der Waals surface area (Å²) < 4.78 is 5.61. The third-order valence-corrected chi connectivity index (χ3v) is 4.37. The predicted molar refractivity (Wildman–Crippen MR) is 76.4 cm³/mol. The van der Waals surface area contributed by atoms with Crippen LogP contribution in [0.4, 0.5) is 0 Å². The molecule has 1 fully saturated rings. The van der Waals surface area contributed by atoms with E-state index in [2.05, 4.69) is 6.92 Å². The Bertz CT molecular complexity index is 335. The van der Waals surface area contributed by atoms with Crippen LogP contribution in [0.3, 0.4) is 0 Å². The van der Waals surface area contributed by atoms with Crippen molar-refractivity contribution in [3.8, 4) is 0 Å². The van der Waals surface area contributed by atoms with Gasteiger partial charge in [0, 0.05) is 6.54 Å². The zero-order valence-electron chi connectivity index (χ0n) is 11.7. The number of ether oxygens (including phenoxy) is 1. The number of thiocarbonyl (C=S) groups is 1. The van der Waals surface area contributed by atoms with Crippen LogP contribution >= 0.6 is 12.2 Å².